The summed E-state index contributed by atoms with van der Waals surface area (Å²) in [6.45, 7) is 5.03. The van der Waals surface area contributed by atoms with Crippen LogP contribution in [0.4, 0.5) is 5.69 Å². The Bertz CT molecular complexity index is 350. The Morgan fingerprint density at radius 2 is 1.82 bits per heavy atom. The van der Waals surface area contributed by atoms with Crippen molar-refractivity contribution in [2.24, 2.45) is 0 Å². The van der Waals surface area contributed by atoms with Crippen LogP contribution < -0.4 is 10.5 Å². The van der Waals surface area contributed by atoms with Crippen molar-refractivity contribution in [3.8, 4) is 5.75 Å². The molecule has 0 bridgehead atoms. The molecule has 0 saturated heterocycles. The first kappa shape index (κ1) is 13.8. The third-order valence-corrected chi connectivity index (χ3v) is 2.94. The maximum atomic E-state index is 8.66. The molecule has 96 valence electrons. The third kappa shape index (κ3) is 4.27. The first-order valence-electron chi connectivity index (χ1n) is 6.26. The highest BCUT2D eigenvalue weighted by molar-refractivity contribution is 5.56. The first-order chi connectivity index (χ1) is 8.16. The standard InChI is InChI=1S/C14H23NO2/c1-11-7-8-13(15)12(2)14(11)17-10-6-4-3-5-9-16/h7-8,16H,3-6,9-10,15H2,1-2H3. The Labute approximate surface area is 104 Å². The second-order valence-corrected chi connectivity index (χ2v) is 4.41. The summed E-state index contributed by atoms with van der Waals surface area (Å²) in [5.74, 6) is 0.923. The van der Waals surface area contributed by atoms with E-state index in [0.717, 1.165) is 54.9 Å². The molecule has 1 rings (SSSR count). The molecule has 3 heteroatoms. The van der Waals surface area contributed by atoms with Crippen LogP contribution in [-0.4, -0.2) is 18.3 Å². The molecule has 0 unspecified atom stereocenters. The number of nitrogens with two attached hydrogens (primary N) is 1. The Morgan fingerprint density at radius 1 is 1.12 bits per heavy atom. The Hall–Kier alpha value is -1.22. The Balaban J connectivity index is 2.39. The van der Waals surface area contributed by atoms with E-state index in [0.29, 0.717) is 0 Å². The molecule has 3 N–H and O–H groups in total. The number of hydrogen-bond donors (Lipinski definition) is 2. The van der Waals surface area contributed by atoms with Crippen LogP contribution in [-0.2, 0) is 0 Å². The number of rotatable bonds is 7. The molecule has 1 aromatic carbocycles. The quantitative estimate of drug-likeness (QED) is 0.566. The van der Waals surface area contributed by atoms with Crippen LogP contribution in [0, 0.1) is 13.8 Å². The molecule has 0 spiro atoms. The number of unbranched alkanes of at least 4 members (excludes halogenated alkanes) is 3. The molecule has 0 radical (unpaired) electrons. The summed E-state index contributed by atoms with van der Waals surface area (Å²) in [7, 11) is 0. The molecule has 0 aliphatic rings. The average molecular weight is 237 g/mol. The van der Waals surface area contributed by atoms with Gasteiger partial charge in [0.15, 0.2) is 0 Å². The van der Waals surface area contributed by atoms with Gasteiger partial charge in [0, 0.05) is 17.9 Å². The highest BCUT2D eigenvalue weighted by atomic mass is 16.5. The van der Waals surface area contributed by atoms with Crippen LogP contribution in [0.15, 0.2) is 12.1 Å². The molecule has 0 fully saturated rings. The number of nitrogen functional groups attached to an aromatic ring is 1. The molecule has 0 aliphatic carbocycles. The maximum absolute atomic E-state index is 8.66. The van der Waals surface area contributed by atoms with Crippen LogP contribution in [0.5, 0.6) is 5.75 Å². The van der Waals surface area contributed by atoms with Crippen molar-refractivity contribution < 1.29 is 9.84 Å². The van der Waals surface area contributed by atoms with E-state index in [4.69, 9.17) is 15.6 Å². The van der Waals surface area contributed by atoms with E-state index in [2.05, 4.69) is 0 Å². The molecular formula is C14H23NO2. The summed E-state index contributed by atoms with van der Waals surface area (Å²) in [4.78, 5) is 0. The van der Waals surface area contributed by atoms with E-state index in [9.17, 15) is 0 Å². The molecule has 0 saturated carbocycles. The minimum Gasteiger partial charge on any atom is -0.493 e. The van der Waals surface area contributed by atoms with Gasteiger partial charge in [0.25, 0.3) is 0 Å². The maximum Gasteiger partial charge on any atom is 0.127 e. The van der Waals surface area contributed by atoms with Crippen molar-refractivity contribution >= 4 is 5.69 Å². The SMILES string of the molecule is Cc1ccc(N)c(C)c1OCCCCCCO. The monoisotopic (exact) mass is 237 g/mol. The van der Waals surface area contributed by atoms with Gasteiger partial charge in [-0.3, -0.25) is 0 Å². The van der Waals surface area contributed by atoms with E-state index in [1.165, 1.54) is 0 Å². The molecule has 0 aliphatic heterocycles. The predicted molar refractivity (Wildman–Crippen MR) is 71.4 cm³/mol. The second-order valence-electron chi connectivity index (χ2n) is 4.41. The topological polar surface area (TPSA) is 55.5 Å². The smallest absolute Gasteiger partial charge is 0.127 e. The van der Waals surface area contributed by atoms with Crippen LogP contribution in [0.2, 0.25) is 0 Å². The summed E-state index contributed by atoms with van der Waals surface area (Å²) < 4.78 is 5.79. The molecule has 17 heavy (non-hydrogen) atoms. The van der Waals surface area contributed by atoms with Crippen molar-refractivity contribution in [3.05, 3.63) is 23.3 Å². The van der Waals surface area contributed by atoms with Gasteiger partial charge >= 0.3 is 0 Å². The molecule has 1 aromatic rings. The lowest BCUT2D eigenvalue weighted by molar-refractivity contribution is 0.272. The summed E-state index contributed by atoms with van der Waals surface area (Å²) in [6.07, 6.45) is 4.07. The third-order valence-electron chi connectivity index (χ3n) is 2.94. The zero-order valence-electron chi connectivity index (χ0n) is 10.8. The number of hydrogen-bond acceptors (Lipinski definition) is 3. The zero-order valence-corrected chi connectivity index (χ0v) is 10.8. The molecule has 0 amide bonds. The molecule has 0 atom stereocenters. The normalized spacial score (nSPS) is 10.5. The fourth-order valence-electron chi connectivity index (χ4n) is 1.81. The number of anilines is 1. The second kappa shape index (κ2) is 7.17. The largest absolute Gasteiger partial charge is 0.493 e. The highest BCUT2D eigenvalue weighted by Crippen LogP contribution is 2.27. The summed E-state index contributed by atoms with van der Waals surface area (Å²) in [5.41, 5.74) is 8.79. The number of aliphatic hydroxyl groups is 1. The van der Waals surface area contributed by atoms with Gasteiger partial charge in [-0.15, -0.1) is 0 Å². The van der Waals surface area contributed by atoms with Crippen molar-refractivity contribution in [2.45, 2.75) is 39.5 Å². The van der Waals surface area contributed by atoms with Gasteiger partial charge in [0.2, 0.25) is 0 Å². The lowest BCUT2D eigenvalue weighted by Gasteiger charge is -2.13. The van der Waals surface area contributed by atoms with Crippen molar-refractivity contribution in [1.29, 1.82) is 0 Å². The van der Waals surface area contributed by atoms with Crippen LogP contribution >= 0.6 is 0 Å². The van der Waals surface area contributed by atoms with Gasteiger partial charge in [-0.25, -0.2) is 0 Å². The van der Waals surface area contributed by atoms with Gasteiger partial charge in [-0.2, -0.15) is 0 Å². The van der Waals surface area contributed by atoms with Crippen molar-refractivity contribution in [2.75, 3.05) is 18.9 Å². The van der Waals surface area contributed by atoms with E-state index in [1.807, 2.05) is 26.0 Å². The summed E-state index contributed by atoms with van der Waals surface area (Å²) in [6, 6.07) is 3.90. The van der Waals surface area contributed by atoms with Crippen molar-refractivity contribution in [1.82, 2.24) is 0 Å². The van der Waals surface area contributed by atoms with Crippen molar-refractivity contribution in [3.63, 3.8) is 0 Å². The average Bonchev–Trinajstić information content (AvgIpc) is 2.32. The highest BCUT2D eigenvalue weighted by Gasteiger charge is 2.06. The van der Waals surface area contributed by atoms with Crippen LogP contribution in [0.1, 0.15) is 36.8 Å². The summed E-state index contributed by atoms with van der Waals surface area (Å²) >= 11 is 0. The number of aliphatic hydroxyl groups excluding tert-OH is 1. The van der Waals surface area contributed by atoms with E-state index >= 15 is 0 Å². The lowest BCUT2D eigenvalue weighted by Crippen LogP contribution is -2.02. The molecule has 0 aromatic heterocycles. The van der Waals surface area contributed by atoms with E-state index in [-0.39, 0.29) is 6.61 Å². The summed E-state index contributed by atoms with van der Waals surface area (Å²) in [5, 5.41) is 8.66. The molecule has 0 heterocycles. The first-order valence-corrected chi connectivity index (χ1v) is 6.26. The zero-order chi connectivity index (χ0) is 12.7. The van der Waals surface area contributed by atoms with Crippen LogP contribution in [0.25, 0.3) is 0 Å². The predicted octanol–water partition coefficient (Wildman–Crippen LogP) is 2.82. The number of benzene rings is 1. The van der Waals surface area contributed by atoms with Crippen LogP contribution in [0.3, 0.4) is 0 Å². The molecule has 3 nitrogen and oxygen atoms in total. The lowest BCUT2D eigenvalue weighted by atomic mass is 10.1. The molecular weight excluding hydrogens is 214 g/mol. The van der Waals surface area contributed by atoms with Gasteiger partial charge in [0.1, 0.15) is 5.75 Å². The van der Waals surface area contributed by atoms with Gasteiger partial charge in [-0.05, 0) is 44.7 Å². The minimum absolute atomic E-state index is 0.286. The van der Waals surface area contributed by atoms with Gasteiger partial charge in [0.05, 0.1) is 6.61 Å². The Morgan fingerprint density at radius 3 is 2.53 bits per heavy atom. The fraction of sp³-hybridized carbons (Fsp3) is 0.571. The number of aryl methyl sites for hydroxylation is 1. The number of ether oxygens (including phenoxy) is 1. The van der Waals surface area contributed by atoms with E-state index < -0.39 is 0 Å². The van der Waals surface area contributed by atoms with Gasteiger partial charge in [-0.1, -0.05) is 12.5 Å². The van der Waals surface area contributed by atoms with Gasteiger partial charge < -0.3 is 15.6 Å². The fourth-order valence-corrected chi connectivity index (χ4v) is 1.81. The minimum atomic E-state index is 0.286. The van der Waals surface area contributed by atoms with E-state index in [1.54, 1.807) is 0 Å². The Kier molecular flexibility index (Phi) is 5.84.